The fraction of sp³-hybridized carbons (Fsp3) is 0.364. The van der Waals surface area contributed by atoms with Crippen molar-refractivity contribution in [2.24, 2.45) is 0 Å². The summed E-state index contributed by atoms with van der Waals surface area (Å²) in [6.07, 6.45) is -1.01. The highest BCUT2D eigenvalue weighted by molar-refractivity contribution is 5.69. The lowest BCUT2D eigenvalue weighted by atomic mass is 10.1. The van der Waals surface area contributed by atoms with Crippen molar-refractivity contribution in [3.63, 3.8) is 0 Å². The van der Waals surface area contributed by atoms with E-state index in [2.05, 4.69) is 0 Å². The van der Waals surface area contributed by atoms with Gasteiger partial charge < -0.3 is 9.47 Å². The third-order valence-electron chi connectivity index (χ3n) is 3.73. The predicted octanol–water partition coefficient (Wildman–Crippen LogP) is 4.73. The van der Waals surface area contributed by atoms with Crippen LogP contribution in [-0.4, -0.2) is 29.1 Å². The van der Waals surface area contributed by atoms with Gasteiger partial charge in [0.15, 0.2) is 0 Å². The lowest BCUT2D eigenvalue weighted by Crippen LogP contribution is -2.39. The van der Waals surface area contributed by atoms with Crippen molar-refractivity contribution < 1.29 is 19.1 Å². The second kappa shape index (κ2) is 9.21. The zero-order chi connectivity index (χ0) is 19.9. The Labute approximate surface area is 160 Å². The van der Waals surface area contributed by atoms with Gasteiger partial charge in [0, 0.05) is 13.5 Å². The van der Waals surface area contributed by atoms with Crippen molar-refractivity contribution in [3.8, 4) is 0 Å². The van der Waals surface area contributed by atoms with E-state index >= 15 is 0 Å². The van der Waals surface area contributed by atoms with Crippen LogP contribution in [0, 0.1) is 0 Å². The van der Waals surface area contributed by atoms with Crippen LogP contribution in [0.25, 0.3) is 0 Å². The van der Waals surface area contributed by atoms with E-state index in [4.69, 9.17) is 9.47 Å². The summed E-state index contributed by atoms with van der Waals surface area (Å²) < 4.78 is 11.1. The van der Waals surface area contributed by atoms with Gasteiger partial charge in [-0.05, 0) is 31.9 Å². The molecular formula is C22H27NO4. The second-order valence-electron chi connectivity index (χ2n) is 7.36. The Kier molecular flexibility index (Phi) is 6.99. The molecule has 0 N–H and O–H groups in total. The fourth-order valence-electron chi connectivity index (χ4n) is 2.61. The van der Waals surface area contributed by atoms with Crippen molar-refractivity contribution in [3.05, 3.63) is 71.8 Å². The molecule has 0 aromatic heterocycles. The SMILES string of the molecule is CC(=O)OC(CN(Cc1ccccc1)C(=O)OC(C)(C)C)c1ccccc1. The first kappa shape index (κ1) is 20.5. The molecule has 2 aromatic rings. The lowest BCUT2D eigenvalue weighted by Gasteiger charge is -2.30. The molecule has 0 spiro atoms. The Balaban J connectivity index is 2.26. The van der Waals surface area contributed by atoms with Crippen molar-refractivity contribution in [2.45, 2.75) is 45.9 Å². The number of carbonyl (C=O) groups excluding carboxylic acids is 2. The summed E-state index contributed by atoms with van der Waals surface area (Å²) in [5.41, 5.74) is 1.18. The minimum atomic E-state index is -0.615. The summed E-state index contributed by atoms with van der Waals surface area (Å²) in [5.74, 6) is -0.396. The Bertz CT molecular complexity index is 738. The van der Waals surface area contributed by atoms with E-state index in [0.717, 1.165) is 11.1 Å². The Morgan fingerprint density at radius 2 is 1.52 bits per heavy atom. The summed E-state index contributed by atoms with van der Waals surface area (Å²) in [6.45, 7) is 7.41. The van der Waals surface area contributed by atoms with Gasteiger partial charge in [-0.25, -0.2) is 4.79 Å². The lowest BCUT2D eigenvalue weighted by molar-refractivity contribution is -0.147. The summed E-state index contributed by atoms with van der Waals surface area (Å²) in [7, 11) is 0. The molecule has 0 saturated carbocycles. The maximum absolute atomic E-state index is 12.8. The molecule has 1 unspecified atom stereocenters. The number of amides is 1. The van der Waals surface area contributed by atoms with Crippen molar-refractivity contribution >= 4 is 12.1 Å². The van der Waals surface area contributed by atoms with Gasteiger partial charge in [-0.15, -0.1) is 0 Å². The summed E-state index contributed by atoms with van der Waals surface area (Å²) in [6, 6.07) is 19.1. The van der Waals surface area contributed by atoms with Crippen molar-refractivity contribution in [2.75, 3.05) is 6.54 Å². The number of nitrogens with zero attached hydrogens (tertiary/aromatic N) is 1. The Morgan fingerprint density at radius 3 is 2.04 bits per heavy atom. The van der Waals surface area contributed by atoms with Gasteiger partial charge in [0.2, 0.25) is 0 Å². The van der Waals surface area contributed by atoms with Gasteiger partial charge in [-0.2, -0.15) is 0 Å². The van der Waals surface area contributed by atoms with Crippen molar-refractivity contribution in [1.82, 2.24) is 4.90 Å². The summed E-state index contributed by atoms with van der Waals surface area (Å²) in [5, 5.41) is 0. The van der Waals surface area contributed by atoms with E-state index in [1.54, 1.807) is 4.90 Å². The number of carbonyl (C=O) groups is 2. The molecule has 1 amide bonds. The zero-order valence-electron chi connectivity index (χ0n) is 16.3. The molecular weight excluding hydrogens is 342 g/mol. The van der Waals surface area contributed by atoms with Gasteiger partial charge in [-0.3, -0.25) is 9.69 Å². The van der Waals surface area contributed by atoms with Crippen LogP contribution in [0.2, 0.25) is 0 Å². The third kappa shape index (κ3) is 7.13. The molecule has 2 rings (SSSR count). The second-order valence-corrected chi connectivity index (χ2v) is 7.36. The third-order valence-corrected chi connectivity index (χ3v) is 3.73. The molecule has 5 nitrogen and oxygen atoms in total. The van der Waals surface area contributed by atoms with Crippen LogP contribution < -0.4 is 0 Å². The first-order chi connectivity index (χ1) is 12.7. The van der Waals surface area contributed by atoms with Crippen LogP contribution >= 0.6 is 0 Å². The van der Waals surface area contributed by atoms with E-state index in [1.807, 2.05) is 81.4 Å². The Morgan fingerprint density at radius 1 is 0.963 bits per heavy atom. The quantitative estimate of drug-likeness (QED) is 0.691. The first-order valence-electron chi connectivity index (χ1n) is 8.98. The summed E-state index contributed by atoms with van der Waals surface area (Å²) >= 11 is 0. The molecule has 0 saturated heterocycles. The summed E-state index contributed by atoms with van der Waals surface area (Å²) in [4.78, 5) is 26.0. The van der Waals surface area contributed by atoms with E-state index in [1.165, 1.54) is 6.92 Å². The molecule has 0 heterocycles. The smallest absolute Gasteiger partial charge is 0.410 e. The van der Waals surface area contributed by atoms with Crippen molar-refractivity contribution in [1.29, 1.82) is 0 Å². The number of hydrogen-bond acceptors (Lipinski definition) is 4. The molecule has 0 bridgehead atoms. The Hall–Kier alpha value is -2.82. The monoisotopic (exact) mass is 369 g/mol. The van der Waals surface area contributed by atoms with Gasteiger partial charge in [0.25, 0.3) is 0 Å². The highest BCUT2D eigenvalue weighted by Gasteiger charge is 2.27. The average molecular weight is 369 g/mol. The number of benzene rings is 2. The van der Waals surface area contributed by atoms with E-state index in [0.29, 0.717) is 6.54 Å². The molecule has 0 fully saturated rings. The molecule has 2 aromatic carbocycles. The van der Waals surface area contributed by atoms with Crippen LogP contribution in [0.3, 0.4) is 0 Å². The normalized spacial score (nSPS) is 12.1. The maximum atomic E-state index is 12.8. The van der Waals surface area contributed by atoms with E-state index in [-0.39, 0.29) is 6.54 Å². The van der Waals surface area contributed by atoms with Gasteiger partial charge in [-0.1, -0.05) is 60.7 Å². The molecule has 1 atom stereocenters. The topological polar surface area (TPSA) is 55.8 Å². The van der Waals surface area contributed by atoms with Crippen LogP contribution in [0.4, 0.5) is 4.79 Å². The maximum Gasteiger partial charge on any atom is 0.410 e. The predicted molar refractivity (Wildman–Crippen MR) is 104 cm³/mol. The average Bonchev–Trinajstić information content (AvgIpc) is 2.60. The molecule has 27 heavy (non-hydrogen) atoms. The van der Waals surface area contributed by atoms with Crippen LogP contribution in [0.15, 0.2) is 60.7 Å². The van der Waals surface area contributed by atoms with Crippen LogP contribution in [-0.2, 0) is 20.8 Å². The molecule has 0 aliphatic rings. The number of ether oxygens (including phenoxy) is 2. The zero-order valence-corrected chi connectivity index (χ0v) is 16.3. The largest absolute Gasteiger partial charge is 0.456 e. The number of rotatable bonds is 6. The number of hydrogen-bond donors (Lipinski definition) is 0. The number of esters is 1. The van der Waals surface area contributed by atoms with Gasteiger partial charge in [0.1, 0.15) is 11.7 Å². The van der Waals surface area contributed by atoms with E-state index in [9.17, 15) is 9.59 Å². The fourth-order valence-corrected chi connectivity index (χ4v) is 2.61. The minimum Gasteiger partial charge on any atom is -0.456 e. The van der Waals surface area contributed by atoms with E-state index < -0.39 is 23.8 Å². The van der Waals surface area contributed by atoms with Crippen LogP contribution in [0.5, 0.6) is 0 Å². The molecule has 0 aliphatic heterocycles. The van der Waals surface area contributed by atoms with Gasteiger partial charge in [0.05, 0.1) is 6.54 Å². The standard InChI is InChI=1S/C22H27NO4/c1-17(24)26-20(19-13-9-6-10-14-19)16-23(21(25)27-22(2,3)4)15-18-11-7-5-8-12-18/h5-14,20H,15-16H2,1-4H3. The highest BCUT2D eigenvalue weighted by Crippen LogP contribution is 2.22. The highest BCUT2D eigenvalue weighted by atomic mass is 16.6. The molecule has 144 valence electrons. The molecule has 0 radical (unpaired) electrons. The first-order valence-corrected chi connectivity index (χ1v) is 8.98. The van der Waals surface area contributed by atoms with Crippen LogP contribution in [0.1, 0.15) is 44.9 Å². The molecule has 5 heteroatoms. The van der Waals surface area contributed by atoms with Gasteiger partial charge >= 0.3 is 12.1 Å². The molecule has 0 aliphatic carbocycles. The minimum absolute atomic E-state index is 0.202.